The van der Waals surface area contributed by atoms with Gasteiger partial charge in [0, 0.05) is 12.6 Å². The van der Waals surface area contributed by atoms with E-state index < -0.39 is 0 Å². The fourth-order valence-electron chi connectivity index (χ4n) is 2.78. The van der Waals surface area contributed by atoms with Gasteiger partial charge in [-0.15, -0.1) is 0 Å². The SMILES string of the molecule is CCOC1(C(N)CC(C)C)CCCCC1. The molecule has 0 amide bonds. The summed E-state index contributed by atoms with van der Waals surface area (Å²) in [4.78, 5) is 0. The van der Waals surface area contributed by atoms with Gasteiger partial charge in [0.2, 0.25) is 0 Å². The van der Waals surface area contributed by atoms with Gasteiger partial charge < -0.3 is 10.5 Å². The predicted octanol–water partition coefficient (Wildman–Crippen LogP) is 3.10. The largest absolute Gasteiger partial charge is 0.374 e. The van der Waals surface area contributed by atoms with Crippen molar-refractivity contribution in [1.29, 1.82) is 0 Å². The average molecular weight is 213 g/mol. The average Bonchev–Trinajstić information content (AvgIpc) is 2.18. The molecule has 2 nitrogen and oxygen atoms in total. The van der Waals surface area contributed by atoms with Crippen molar-refractivity contribution in [1.82, 2.24) is 0 Å². The Morgan fingerprint density at radius 1 is 1.20 bits per heavy atom. The van der Waals surface area contributed by atoms with Crippen molar-refractivity contribution in [3.63, 3.8) is 0 Å². The number of hydrogen-bond donors (Lipinski definition) is 1. The lowest BCUT2D eigenvalue weighted by Crippen LogP contribution is -2.52. The van der Waals surface area contributed by atoms with Crippen molar-refractivity contribution < 1.29 is 4.74 Å². The molecule has 90 valence electrons. The third kappa shape index (κ3) is 3.46. The Bertz CT molecular complexity index is 168. The molecule has 2 heteroatoms. The molecule has 1 rings (SSSR count). The normalized spacial score (nSPS) is 23.0. The highest BCUT2D eigenvalue weighted by molar-refractivity contribution is 4.94. The lowest BCUT2D eigenvalue weighted by atomic mass is 9.77. The topological polar surface area (TPSA) is 35.2 Å². The van der Waals surface area contributed by atoms with Crippen LogP contribution < -0.4 is 5.73 Å². The first-order valence-corrected chi connectivity index (χ1v) is 6.50. The Balaban J connectivity index is 2.61. The van der Waals surface area contributed by atoms with Gasteiger partial charge in [-0.1, -0.05) is 33.1 Å². The van der Waals surface area contributed by atoms with E-state index in [0.29, 0.717) is 5.92 Å². The maximum absolute atomic E-state index is 6.35. The second-order valence-electron chi connectivity index (χ2n) is 5.29. The molecule has 0 bridgehead atoms. The van der Waals surface area contributed by atoms with E-state index in [-0.39, 0.29) is 11.6 Å². The van der Waals surface area contributed by atoms with Gasteiger partial charge in [0.05, 0.1) is 5.60 Å². The molecule has 15 heavy (non-hydrogen) atoms. The van der Waals surface area contributed by atoms with Gasteiger partial charge in [-0.2, -0.15) is 0 Å². The maximum Gasteiger partial charge on any atom is 0.0832 e. The van der Waals surface area contributed by atoms with E-state index in [1.54, 1.807) is 0 Å². The first-order valence-electron chi connectivity index (χ1n) is 6.50. The number of rotatable bonds is 5. The van der Waals surface area contributed by atoms with E-state index in [1.807, 2.05) is 0 Å². The molecular formula is C13H27NO. The number of ether oxygens (including phenoxy) is 1. The summed E-state index contributed by atoms with van der Waals surface area (Å²) in [5, 5.41) is 0. The molecule has 0 aromatic heterocycles. The highest BCUT2D eigenvalue weighted by atomic mass is 16.5. The monoisotopic (exact) mass is 213 g/mol. The maximum atomic E-state index is 6.35. The molecule has 1 aliphatic rings. The second-order valence-corrected chi connectivity index (χ2v) is 5.29. The van der Waals surface area contributed by atoms with Crippen LogP contribution in [0.1, 0.15) is 59.3 Å². The van der Waals surface area contributed by atoms with Crippen LogP contribution >= 0.6 is 0 Å². The summed E-state index contributed by atoms with van der Waals surface area (Å²) in [6, 6.07) is 0.220. The minimum absolute atomic E-state index is 0.00271. The molecule has 2 N–H and O–H groups in total. The van der Waals surface area contributed by atoms with Crippen LogP contribution in [-0.2, 0) is 4.74 Å². The summed E-state index contributed by atoms with van der Waals surface area (Å²) in [6.07, 6.45) is 7.32. The van der Waals surface area contributed by atoms with Gasteiger partial charge >= 0.3 is 0 Å². The van der Waals surface area contributed by atoms with Crippen LogP contribution in [0.15, 0.2) is 0 Å². The van der Waals surface area contributed by atoms with Gasteiger partial charge in [0.1, 0.15) is 0 Å². The summed E-state index contributed by atoms with van der Waals surface area (Å²) >= 11 is 0. The summed E-state index contributed by atoms with van der Waals surface area (Å²) < 4.78 is 6.01. The van der Waals surface area contributed by atoms with E-state index >= 15 is 0 Å². The van der Waals surface area contributed by atoms with Gasteiger partial charge in [-0.3, -0.25) is 0 Å². The first-order chi connectivity index (χ1) is 7.10. The van der Waals surface area contributed by atoms with Crippen molar-refractivity contribution in [3.05, 3.63) is 0 Å². The van der Waals surface area contributed by atoms with Gasteiger partial charge in [-0.05, 0) is 32.1 Å². The third-order valence-corrected chi connectivity index (χ3v) is 3.53. The fourth-order valence-corrected chi connectivity index (χ4v) is 2.78. The van der Waals surface area contributed by atoms with Crippen molar-refractivity contribution >= 4 is 0 Å². The fraction of sp³-hybridized carbons (Fsp3) is 1.00. The molecule has 1 atom stereocenters. The smallest absolute Gasteiger partial charge is 0.0832 e. The molecule has 0 heterocycles. The van der Waals surface area contributed by atoms with Crippen LogP contribution in [0.3, 0.4) is 0 Å². The minimum atomic E-state index is -0.00271. The number of nitrogens with two attached hydrogens (primary N) is 1. The quantitative estimate of drug-likeness (QED) is 0.761. The molecule has 1 unspecified atom stereocenters. The van der Waals surface area contributed by atoms with Gasteiger partial charge in [0.15, 0.2) is 0 Å². The molecule has 0 saturated heterocycles. The van der Waals surface area contributed by atoms with E-state index in [0.717, 1.165) is 25.9 Å². The summed E-state index contributed by atoms with van der Waals surface area (Å²) in [7, 11) is 0. The lowest BCUT2D eigenvalue weighted by Gasteiger charge is -2.42. The van der Waals surface area contributed by atoms with Crippen LogP contribution in [0.4, 0.5) is 0 Å². The summed E-state index contributed by atoms with van der Waals surface area (Å²) in [5.74, 6) is 0.666. The van der Waals surface area contributed by atoms with Gasteiger partial charge in [-0.25, -0.2) is 0 Å². The summed E-state index contributed by atoms with van der Waals surface area (Å²) in [6.45, 7) is 7.36. The zero-order chi connectivity index (χ0) is 11.3. The summed E-state index contributed by atoms with van der Waals surface area (Å²) in [5.41, 5.74) is 6.34. The van der Waals surface area contributed by atoms with Crippen LogP contribution in [0.25, 0.3) is 0 Å². The highest BCUT2D eigenvalue weighted by Gasteiger charge is 2.38. The van der Waals surface area contributed by atoms with Crippen molar-refractivity contribution in [2.75, 3.05) is 6.61 Å². The Labute approximate surface area is 94.6 Å². The molecule has 1 aliphatic carbocycles. The highest BCUT2D eigenvalue weighted by Crippen LogP contribution is 2.35. The van der Waals surface area contributed by atoms with Crippen molar-refractivity contribution in [2.45, 2.75) is 70.9 Å². The molecule has 1 saturated carbocycles. The Kier molecular flexibility index (Phi) is 5.07. The van der Waals surface area contributed by atoms with E-state index in [9.17, 15) is 0 Å². The molecule has 0 radical (unpaired) electrons. The van der Waals surface area contributed by atoms with E-state index in [2.05, 4.69) is 20.8 Å². The van der Waals surface area contributed by atoms with Crippen LogP contribution in [-0.4, -0.2) is 18.2 Å². The van der Waals surface area contributed by atoms with Crippen LogP contribution in [0.2, 0.25) is 0 Å². The van der Waals surface area contributed by atoms with E-state index in [4.69, 9.17) is 10.5 Å². The Morgan fingerprint density at radius 2 is 1.80 bits per heavy atom. The third-order valence-electron chi connectivity index (χ3n) is 3.53. The predicted molar refractivity (Wildman–Crippen MR) is 64.9 cm³/mol. The Morgan fingerprint density at radius 3 is 2.27 bits per heavy atom. The van der Waals surface area contributed by atoms with Crippen molar-refractivity contribution in [3.8, 4) is 0 Å². The molecule has 0 aromatic carbocycles. The van der Waals surface area contributed by atoms with E-state index in [1.165, 1.54) is 19.3 Å². The van der Waals surface area contributed by atoms with Crippen molar-refractivity contribution in [2.24, 2.45) is 11.7 Å². The molecule has 1 fully saturated rings. The second kappa shape index (κ2) is 5.86. The molecule has 0 aliphatic heterocycles. The molecular weight excluding hydrogens is 186 g/mol. The van der Waals surface area contributed by atoms with Gasteiger partial charge in [0.25, 0.3) is 0 Å². The molecule has 0 spiro atoms. The molecule has 0 aromatic rings. The minimum Gasteiger partial charge on any atom is -0.374 e. The zero-order valence-electron chi connectivity index (χ0n) is 10.6. The standard InChI is InChI=1S/C13H27NO/c1-4-15-13(8-6-5-7-9-13)12(14)10-11(2)3/h11-12H,4-10,14H2,1-3H3. The lowest BCUT2D eigenvalue weighted by molar-refractivity contribution is -0.0852. The van der Waals surface area contributed by atoms with Crippen LogP contribution in [0, 0.1) is 5.92 Å². The first kappa shape index (κ1) is 13.0. The number of hydrogen-bond acceptors (Lipinski definition) is 2. The van der Waals surface area contributed by atoms with Crippen LogP contribution in [0.5, 0.6) is 0 Å². The zero-order valence-corrected chi connectivity index (χ0v) is 10.6. The Hall–Kier alpha value is -0.0800.